The van der Waals surface area contributed by atoms with Crippen molar-refractivity contribution in [3.8, 4) is 22.6 Å². The van der Waals surface area contributed by atoms with Crippen LogP contribution in [0.25, 0.3) is 33.7 Å². The lowest BCUT2D eigenvalue weighted by Crippen LogP contribution is -2.28. The Morgan fingerprint density at radius 1 is 1.04 bits per heavy atom. The SMILES string of the molecule is C[C@H]1CCCN1c1nc2cc(-c3nn[nH]n3)ccc2nc1-c1ccc(F)cc1. The zero-order valence-electron chi connectivity index (χ0n) is 15.3. The lowest BCUT2D eigenvalue weighted by Gasteiger charge is -2.25. The molecule has 1 N–H and O–H groups in total. The molecule has 0 saturated carbocycles. The van der Waals surface area contributed by atoms with Gasteiger partial charge in [-0.05, 0) is 67.4 Å². The van der Waals surface area contributed by atoms with Gasteiger partial charge >= 0.3 is 0 Å². The molecular weight excluding hydrogens is 357 g/mol. The zero-order chi connectivity index (χ0) is 19.1. The lowest BCUT2D eigenvalue weighted by atomic mass is 10.1. The average Bonchev–Trinajstić information content (AvgIpc) is 3.39. The van der Waals surface area contributed by atoms with Crippen molar-refractivity contribution in [2.45, 2.75) is 25.8 Å². The highest BCUT2D eigenvalue weighted by atomic mass is 19.1. The molecule has 140 valence electrons. The molecule has 5 rings (SSSR count). The lowest BCUT2D eigenvalue weighted by molar-refractivity contribution is 0.628. The van der Waals surface area contributed by atoms with E-state index in [1.54, 1.807) is 12.1 Å². The summed E-state index contributed by atoms with van der Waals surface area (Å²) in [5, 5.41) is 14.2. The van der Waals surface area contributed by atoms with Crippen LogP contribution in [-0.2, 0) is 0 Å². The van der Waals surface area contributed by atoms with Crippen LogP contribution in [0.5, 0.6) is 0 Å². The van der Waals surface area contributed by atoms with Crippen LogP contribution < -0.4 is 4.90 Å². The van der Waals surface area contributed by atoms with Gasteiger partial charge in [-0.15, -0.1) is 10.2 Å². The number of fused-ring (bicyclic) bond motifs is 1. The number of halogens is 1. The molecule has 3 heterocycles. The predicted molar refractivity (Wildman–Crippen MR) is 104 cm³/mol. The van der Waals surface area contributed by atoms with E-state index in [2.05, 4.69) is 32.4 Å². The number of anilines is 1. The molecule has 7 nitrogen and oxygen atoms in total. The molecule has 0 spiro atoms. The van der Waals surface area contributed by atoms with Crippen LogP contribution in [0.4, 0.5) is 10.2 Å². The molecule has 1 atom stereocenters. The van der Waals surface area contributed by atoms with E-state index in [1.807, 2.05) is 18.2 Å². The van der Waals surface area contributed by atoms with Crippen LogP contribution in [0, 0.1) is 5.82 Å². The molecule has 1 aliphatic rings. The fraction of sp³-hybridized carbons (Fsp3) is 0.250. The zero-order valence-corrected chi connectivity index (χ0v) is 15.3. The normalized spacial score (nSPS) is 16.8. The van der Waals surface area contributed by atoms with Crippen LogP contribution in [-0.4, -0.2) is 43.2 Å². The van der Waals surface area contributed by atoms with E-state index in [0.717, 1.165) is 53.1 Å². The van der Waals surface area contributed by atoms with E-state index in [-0.39, 0.29) is 5.82 Å². The van der Waals surface area contributed by atoms with Gasteiger partial charge in [-0.3, -0.25) is 0 Å². The number of nitrogens with zero attached hydrogens (tertiary/aromatic N) is 6. The van der Waals surface area contributed by atoms with Crippen molar-refractivity contribution in [3.05, 3.63) is 48.3 Å². The maximum Gasteiger partial charge on any atom is 0.204 e. The molecule has 28 heavy (non-hydrogen) atoms. The number of H-pyrrole nitrogens is 1. The van der Waals surface area contributed by atoms with E-state index in [4.69, 9.17) is 9.97 Å². The van der Waals surface area contributed by atoms with Crippen molar-refractivity contribution in [1.29, 1.82) is 0 Å². The first kappa shape index (κ1) is 16.7. The summed E-state index contributed by atoms with van der Waals surface area (Å²) in [7, 11) is 0. The molecule has 0 aliphatic carbocycles. The topological polar surface area (TPSA) is 83.5 Å². The van der Waals surface area contributed by atoms with Crippen molar-refractivity contribution < 1.29 is 4.39 Å². The van der Waals surface area contributed by atoms with Crippen molar-refractivity contribution in [1.82, 2.24) is 30.6 Å². The molecule has 0 amide bonds. The maximum absolute atomic E-state index is 13.4. The maximum atomic E-state index is 13.4. The molecular formula is C20H18FN7. The summed E-state index contributed by atoms with van der Waals surface area (Å²) in [6, 6.07) is 12.5. The molecule has 2 aromatic heterocycles. The number of hydrogen-bond acceptors (Lipinski definition) is 6. The van der Waals surface area contributed by atoms with Crippen LogP contribution in [0.3, 0.4) is 0 Å². The fourth-order valence-electron chi connectivity index (χ4n) is 3.72. The average molecular weight is 375 g/mol. The predicted octanol–water partition coefficient (Wildman–Crippen LogP) is 3.60. The second-order valence-electron chi connectivity index (χ2n) is 7.03. The molecule has 1 aliphatic heterocycles. The number of rotatable bonds is 3. The minimum Gasteiger partial charge on any atom is -0.352 e. The Kier molecular flexibility index (Phi) is 3.96. The smallest absolute Gasteiger partial charge is 0.204 e. The molecule has 0 radical (unpaired) electrons. The largest absolute Gasteiger partial charge is 0.352 e. The van der Waals surface area contributed by atoms with Gasteiger partial charge in [0, 0.05) is 23.7 Å². The third kappa shape index (κ3) is 2.87. The minimum absolute atomic E-state index is 0.265. The van der Waals surface area contributed by atoms with Crippen molar-refractivity contribution in [3.63, 3.8) is 0 Å². The standard InChI is InChI=1S/C20H18FN7/c1-12-3-2-10-28(12)20-18(13-4-7-15(21)8-5-13)22-16-9-6-14(11-17(16)23-20)19-24-26-27-25-19/h4-9,11-12H,2-3,10H2,1H3,(H,24,25,26,27)/t12-/m0/s1. The Hall–Kier alpha value is -3.42. The number of benzene rings is 2. The minimum atomic E-state index is -0.265. The second kappa shape index (κ2) is 6.63. The summed E-state index contributed by atoms with van der Waals surface area (Å²) in [5.74, 6) is 1.08. The number of tetrazole rings is 1. The third-order valence-corrected chi connectivity index (χ3v) is 5.19. The summed E-state index contributed by atoms with van der Waals surface area (Å²) in [5.41, 5.74) is 3.98. The van der Waals surface area contributed by atoms with E-state index in [0.29, 0.717) is 11.9 Å². The summed E-state index contributed by atoms with van der Waals surface area (Å²) in [4.78, 5) is 12.1. The van der Waals surface area contributed by atoms with Gasteiger partial charge in [0.1, 0.15) is 11.5 Å². The van der Waals surface area contributed by atoms with E-state index >= 15 is 0 Å². The molecule has 8 heteroatoms. The number of aromatic amines is 1. The van der Waals surface area contributed by atoms with Crippen molar-refractivity contribution in [2.24, 2.45) is 0 Å². The van der Waals surface area contributed by atoms with E-state index in [9.17, 15) is 4.39 Å². The Bertz CT molecular complexity index is 1130. The highest BCUT2D eigenvalue weighted by Gasteiger charge is 2.26. The summed E-state index contributed by atoms with van der Waals surface area (Å²) < 4.78 is 13.4. The van der Waals surface area contributed by atoms with Gasteiger partial charge in [-0.25, -0.2) is 14.4 Å². The highest BCUT2D eigenvalue weighted by Crippen LogP contribution is 2.34. The van der Waals surface area contributed by atoms with Gasteiger partial charge in [-0.1, -0.05) is 0 Å². The fourth-order valence-corrected chi connectivity index (χ4v) is 3.72. The van der Waals surface area contributed by atoms with Gasteiger partial charge in [-0.2, -0.15) is 5.21 Å². The van der Waals surface area contributed by atoms with Crippen molar-refractivity contribution in [2.75, 3.05) is 11.4 Å². The quantitative estimate of drug-likeness (QED) is 0.589. The van der Waals surface area contributed by atoms with Crippen molar-refractivity contribution >= 4 is 16.9 Å². The molecule has 4 aromatic rings. The van der Waals surface area contributed by atoms with Gasteiger partial charge in [0.15, 0.2) is 5.82 Å². The molecule has 0 unspecified atom stereocenters. The third-order valence-electron chi connectivity index (χ3n) is 5.19. The Balaban J connectivity index is 1.70. The molecule has 1 fully saturated rings. The Morgan fingerprint density at radius 3 is 2.57 bits per heavy atom. The second-order valence-corrected chi connectivity index (χ2v) is 7.03. The highest BCUT2D eigenvalue weighted by molar-refractivity contribution is 5.86. The summed E-state index contributed by atoms with van der Waals surface area (Å²) in [6.07, 6.45) is 2.23. The van der Waals surface area contributed by atoms with Crippen LogP contribution in [0.2, 0.25) is 0 Å². The van der Waals surface area contributed by atoms with E-state index in [1.165, 1.54) is 12.1 Å². The summed E-state index contributed by atoms with van der Waals surface area (Å²) >= 11 is 0. The first-order chi connectivity index (χ1) is 13.7. The van der Waals surface area contributed by atoms with Gasteiger partial charge in [0.25, 0.3) is 0 Å². The first-order valence-corrected chi connectivity index (χ1v) is 9.27. The number of hydrogen-bond donors (Lipinski definition) is 1. The Morgan fingerprint density at radius 2 is 1.86 bits per heavy atom. The molecule has 0 bridgehead atoms. The van der Waals surface area contributed by atoms with Gasteiger partial charge in [0.2, 0.25) is 5.82 Å². The Labute approximate surface area is 160 Å². The number of nitrogens with one attached hydrogen (secondary N) is 1. The van der Waals surface area contributed by atoms with Gasteiger partial charge in [0.05, 0.1) is 11.0 Å². The number of aromatic nitrogens is 6. The van der Waals surface area contributed by atoms with E-state index < -0.39 is 0 Å². The van der Waals surface area contributed by atoms with Crippen LogP contribution >= 0.6 is 0 Å². The van der Waals surface area contributed by atoms with Gasteiger partial charge < -0.3 is 4.90 Å². The van der Waals surface area contributed by atoms with Crippen LogP contribution in [0.15, 0.2) is 42.5 Å². The molecule has 1 saturated heterocycles. The first-order valence-electron chi connectivity index (χ1n) is 9.27. The monoisotopic (exact) mass is 375 g/mol. The molecule has 2 aromatic carbocycles. The summed E-state index contributed by atoms with van der Waals surface area (Å²) in [6.45, 7) is 3.13. The van der Waals surface area contributed by atoms with Crippen LogP contribution in [0.1, 0.15) is 19.8 Å².